The van der Waals surface area contributed by atoms with E-state index in [2.05, 4.69) is 84.1 Å². The molecule has 0 amide bonds. The van der Waals surface area contributed by atoms with Crippen molar-refractivity contribution in [3.8, 4) is 0 Å². The highest BCUT2D eigenvalue weighted by molar-refractivity contribution is 5.79. The average molecular weight is 387 g/mol. The number of nitrogens with zero attached hydrogens (tertiary/aromatic N) is 1. The first-order chi connectivity index (χ1) is 14.2. The molecular weight excluding hydrogens is 356 g/mol. The molecule has 2 bridgehead atoms. The standard InChI is InChI=1S/C26H29N2O/c1-2-20-18-28-14-12-21(20)16-25(28)26(29)23-13-15-27(17-19-8-4-3-5-9-19)24-11-7-6-10-22(23)24/h2-11,13,15,20-21,25-26,29H,1,12,14,16-18H2/q+1/p+1/t20-,21-,25+,26+/m1/s1. The third-order valence-electron chi connectivity index (χ3n) is 7.18. The fourth-order valence-corrected chi connectivity index (χ4v) is 5.61. The minimum Gasteiger partial charge on any atom is -0.382 e. The van der Waals surface area contributed by atoms with Crippen LogP contribution in [0.25, 0.3) is 10.9 Å². The first-order valence-electron chi connectivity index (χ1n) is 10.8. The number of para-hydroxylation sites is 1. The molecule has 3 saturated heterocycles. The van der Waals surface area contributed by atoms with Crippen molar-refractivity contribution in [3.05, 3.63) is 90.6 Å². The Morgan fingerprint density at radius 2 is 1.90 bits per heavy atom. The Balaban J connectivity index is 1.48. The number of pyridine rings is 1. The smallest absolute Gasteiger partial charge is 0.213 e. The molecule has 148 valence electrons. The van der Waals surface area contributed by atoms with Gasteiger partial charge in [-0.1, -0.05) is 48.5 Å². The summed E-state index contributed by atoms with van der Waals surface area (Å²) in [5.74, 6) is 1.30. The van der Waals surface area contributed by atoms with E-state index < -0.39 is 6.10 Å². The second kappa shape index (κ2) is 7.74. The van der Waals surface area contributed by atoms with Gasteiger partial charge in [0, 0.05) is 42.0 Å². The highest BCUT2D eigenvalue weighted by atomic mass is 16.3. The summed E-state index contributed by atoms with van der Waals surface area (Å²) < 4.78 is 2.29. The second-order valence-electron chi connectivity index (χ2n) is 8.75. The average Bonchev–Trinajstić information content (AvgIpc) is 2.79. The maximum atomic E-state index is 11.4. The van der Waals surface area contributed by atoms with Gasteiger partial charge in [0.25, 0.3) is 0 Å². The maximum Gasteiger partial charge on any atom is 0.213 e. The van der Waals surface area contributed by atoms with Crippen LogP contribution in [0.2, 0.25) is 0 Å². The topological polar surface area (TPSA) is 28.6 Å². The molecule has 3 aliphatic heterocycles. The van der Waals surface area contributed by atoms with Crippen LogP contribution in [-0.2, 0) is 6.54 Å². The quantitative estimate of drug-likeness (QED) is 0.512. The number of fused-ring (bicyclic) bond motifs is 4. The van der Waals surface area contributed by atoms with Crippen molar-refractivity contribution >= 4 is 10.9 Å². The van der Waals surface area contributed by atoms with Gasteiger partial charge in [0.05, 0.1) is 18.5 Å². The van der Waals surface area contributed by atoms with Crippen LogP contribution in [0.4, 0.5) is 0 Å². The monoisotopic (exact) mass is 386 g/mol. The van der Waals surface area contributed by atoms with Gasteiger partial charge in [-0.15, -0.1) is 6.58 Å². The van der Waals surface area contributed by atoms with E-state index in [1.54, 1.807) is 4.90 Å². The van der Waals surface area contributed by atoms with Crippen molar-refractivity contribution in [2.24, 2.45) is 11.8 Å². The van der Waals surface area contributed by atoms with Crippen LogP contribution in [0.3, 0.4) is 0 Å². The molecule has 0 radical (unpaired) electrons. The van der Waals surface area contributed by atoms with Gasteiger partial charge in [0.1, 0.15) is 12.1 Å². The predicted molar refractivity (Wildman–Crippen MR) is 116 cm³/mol. The lowest BCUT2D eigenvalue weighted by atomic mass is 9.73. The number of hydrogen-bond donors (Lipinski definition) is 2. The molecule has 1 unspecified atom stereocenters. The Morgan fingerprint density at radius 1 is 1.10 bits per heavy atom. The number of aromatic nitrogens is 1. The summed E-state index contributed by atoms with van der Waals surface area (Å²) in [6.45, 7) is 7.17. The van der Waals surface area contributed by atoms with Crippen LogP contribution < -0.4 is 9.47 Å². The normalized spacial score (nSPS) is 27.1. The minimum atomic E-state index is -0.421. The lowest BCUT2D eigenvalue weighted by Gasteiger charge is -2.47. The van der Waals surface area contributed by atoms with Crippen molar-refractivity contribution < 1.29 is 14.6 Å². The van der Waals surface area contributed by atoms with Gasteiger partial charge >= 0.3 is 0 Å². The molecule has 2 N–H and O–H groups in total. The fraction of sp³-hybridized carbons (Fsp3) is 0.346. The molecule has 3 aliphatic rings. The van der Waals surface area contributed by atoms with Crippen molar-refractivity contribution in [1.29, 1.82) is 0 Å². The number of aliphatic hydroxyl groups is 1. The van der Waals surface area contributed by atoms with Gasteiger partial charge in [-0.2, -0.15) is 4.57 Å². The first kappa shape index (κ1) is 18.5. The number of quaternary nitrogens is 1. The second-order valence-corrected chi connectivity index (χ2v) is 8.75. The predicted octanol–water partition coefficient (Wildman–Crippen LogP) is 2.69. The highest BCUT2D eigenvalue weighted by Gasteiger charge is 2.46. The molecule has 3 aromatic rings. The van der Waals surface area contributed by atoms with Crippen LogP contribution in [0.1, 0.15) is 30.1 Å². The molecule has 3 fully saturated rings. The molecule has 5 atom stereocenters. The van der Waals surface area contributed by atoms with Gasteiger partial charge in [-0.25, -0.2) is 0 Å². The van der Waals surface area contributed by atoms with E-state index in [1.807, 2.05) is 0 Å². The van der Waals surface area contributed by atoms with Crippen molar-refractivity contribution in [3.63, 3.8) is 0 Å². The van der Waals surface area contributed by atoms with Gasteiger partial charge in [0.2, 0.25) is 5.52 Å². The Hall–Kier alpha value is -2.49. The minimum absolute atomic E-state index is 0.290. The van der Waals surface area contributed by atoms with Crippen molar-refractivity contribution in [1.82, 2.24) is 0 Å². The first-order valence-corrected chi connectivity index (χ1v) is 10.8. The number of nitrogens with one attached hydrogen (secondary N) is 1. The summed E-state index contributed by atoms with van der Waals surface area (Å²) in [4.78, 5) is 1.55. The number of aliphatic hydroxyl groups excluding tert-OH is 1. The Morgan fingerprint density at radius 3 is 2.66 bits per heavy atom. The summed E-state index contributed by atoms with van der Waals surface area (Å²) in [7, 11) is 0. The third-order valence-corrected chi connectivity index (χ3v) is 7.18. The molecule has 29 heavy (non-hydrogen) atoms. The molecule has 0 aliphatic carbocycles. The summed E-state index contributed by atoms with van der Waals surface area (Å²) in [6, 6.07) is 21.5. The number of rotatable bonds is 5. The van der Waals surface area contributed by atoms with E-state index >= 15 is 0 Å². The Bertz CT molecular complexity index is 1020. The van der Waals surface area contributed by atoms with E-state index in [0.29, 0.717) is 17.9 Å². The summed E-state index contributed by atoms with van der Waals surface area (Å²) in [6.07, 6.45) is 6.22. The van der Waals surface area contributed by atoms with Crippen LogP contribution in [0.15, 0.2) is 79.5 Å². The van der Waals surface area contributed by atoms with E-state index in [9.17, 15) is 5.11 Å². The molecule has 2 aromatic carbocycles. The number of hydrogen-bond acceptors (Lipinski definition) is 1. The van der Waals surface area contributed by atoms with Crippen LogP contribution in [0, 0.1) is 11.8 Å². The van der Waals surface area contributed by atoms with Crippen molar-refractivity contribution in [2.45, 2.75) is 31.5 Å². The summed E-state index contributed by atoms with van der Waals surface area (Å²) in [5, 5.41) is 12.6. The van der Waals surface area contributed by atoms with Gasteiger partial charge in [-0.05, 0) is 12.0 Å². The molecule has 6 rings (SSSR count). The lowest BCUT2D eigenvalue weighted by Crippen LogP contribution is -3.20. The van der Waals surface area contributed by atoms with E-state index in [1.165, 1.54) is 29.4 Å². The SMILES string of the molecule is C=C[C@@H]1C[NH+]2CC[C@@H]1C[C@H]2[C@@H](O)c1cc[n+](Cc2ccccc2)c2ccccc12. The zero-order chi connectivity index (χ0) is 19.8. The molecule has 3 nitrogen and oxygen atoms in total. The van der Waals surface area contributed by atoms with Gasteiger partial charge in [-0.3, -0.25) is 0 Å². The molecular formula is C26H30N2O+2. The summed E-state index contributed by atoms with van der Waals surface area (Å²) in [5.41, 5.74) is 3.54. The zero-order valence-corrected chi connectivity index (χ0v) is 16.9. The lowest BCUT2D eigenvalue weighted by molar-refractivity contribution is -0.949. The maximum absolute atomic E-state index is 11.4. The molecule has 0 spiro atoms. The number of benzene rings is 2. The van der Waals surface area contributed by atoms with E-state index in [4.69, 9.17) is 0 Å². The molecule has 0 saturated carbocycles. The van der Waals surface area contributed by atoms with Gasteiger partial charge < -0.3 is 10.0 Å². The van der Waals surface area contributed by atoms with Crippen LogP contribution in [0.5, 0.6) is 0 Å². The van der Waals surface area contributed by atoms with Crippen LogP contribution in [-0.4, -0.2) is 24.2 Å². The van der Waals surface area contributed by atoms with Crippen molar-refractivity contribution in [2.75, 3.05) is 13.1 Å². The Kier molecular flexibility index (Phi) is 4.94. The number of piperidine rings is 3. The van der Waals surface area contributed by atoms with E-state index in [-0.39, 0.29) is 0 Å². The zero-order valence-electron chi connectivity index (χ0n) is 16.9. The molecule has 3 heteroatoms. The van der Waals surface area contributed by atoms with Gasteiger partial charge in [0.15, 0.2) is 12.7 Å². The third kappa shape index (κ3) is 3.39. The Labute approximate surface area is 172 Å². The summed E-state index contributed by atoms with van der Waals surface area (Å²) >= 11 is 0. The fourth-order valence-electron chi connectivity index (χ4n) is 5.61. The van der Waals surface area contributed by atoms with Crippen LogP contribution >= 0.6 is 0 Å². The van der Waals surface area contributed by atoms with E-state index in [0.717, 1.165) is 25.1 Å². The molecule has 4 heterocycles. The highest BCUT2D eigenvalue weighted by Crippen LogP contribution is 2.33. The largest absolute Gasteiger partial charge is 0.382 e. The molecule has 1 aromatic heterocycles.